The number of unbranched alkanes of at least 4 members (excludes halogenated alkanes) is 9. The van der Waals surface area contributed by atoms with Gasteiger partial charge in [0.1, 0.15) is 0 Å². The topological polar surface area (TPSA) is 54.3 Å². The molecule has 1 heterocycles. The lowest BCUT2D eigenvalue weighted by Crippen LogP contribution is -2.36. The predicted molar refractivity (Wildman–Crippen MR) is 150 cm³/mol. The fourth-order valence-corrected chi connectivity index (χ4v) is 5.47. The van der Waals surface area contributed by atoms with Gasteiger partial charge < -0.3 is 4.43 Å². The van der Waals surface area contributed by atoms with Crippen LogP contribution in [0.25, 0.3) is 0 Å². The number of nitrogens with zero attached hydrogens (tertiary/aromatic N) is 3. The molecule has 1 fully saturated rings. The van der Waals surface area contributed by atoms with Gasteiger partial charge in [-0.1, -0.05) is 69.9 Å². The second-order valence-electron chi connectivity index (χ2n) is 11.4. The van der Waals surface area contributed by atoms with Crippen LogP contribution in [0.15, 0.2) is 28.5 Å². The Morgan fingerprint density at radius 2 is 1.69 bits per heavy atom. The molecule has 6 heteroatoms. The largest absolute Gasteiger partial charge is 0.417 e. The molecule has 0 N–H and O–H groups in total. The van der Waals surface area contributed by atoms with Gasteiger partial charge in [-0.3, -0.25) is 9.80 Å². The van der Waals surface area contributed by atoms with Gasteiger partial charge >= 0.3 is 0 Å². The van der Waals surface area contributed by atoms with Gasteiger partial charge in [0.15, 0.2) is 14.1 Å². The van der Waals surface area contributed by atoms with E-state index in [0.29, 0.717) is 5.92 Å². The van der Waals surface area contributed by atoms with Crippen molar-refractivity contribution in [3.05, 3.63) is 29.3 Å². The van der Waals surface area contributed by atoms with E-state index >= 15 is 0 Å². The minimum atomic E-state index is -1.48. The molecule has 0 aliphatic carbocycles. The lowest BCUT2D eigenvalue weighted by atomic mass is 9.97. The molecule has 1 aliphatic rings. The van der Waals surface area contributed by atoms with Crippen molar-refractivity contribution in [1.29, 1.82) is 0 Å². The molecule has 0 amide bonds. The molecular formula is C29H51N3O2Si. The molecule has 0 bridgehead atoms. The summed E-state index contributed by atoms with van der Waals surface area (Å²) in [5.41, 5.74) is 2.80. The number of piperidine rings is 1. The van der Waals surface area contributed by atoms with Crippen LogP contribution >= 0.6 is 0 Å². The van der Waals surface area contributed by atoms with Crippen LogP contribution in [-0.2, 0) is 10.8 Å². The lowest BCUT2D eigenvalue weighted by Gasteiger charge is -2.31. The molecule has 198 valence electrons. The summed E-state index contributed by atoms with van der Waals surface area (Å²) < 4.78 is 6.13. The first-order chi connectivity index (χ1) is 16.8. The van der Waals surface area contributed by atoms with Crippen LogP contribution in [-0.4, -0.2) is 38.8 Å². The van der Waals surface area contributed by atoms with Gasteiger partial charge in [-0.25, -0.2) is 0 Å². The fraction of sp³-hybridized carbons (Fsp3) is 0.759. The molecule has 0 aromatic heterocycles. The number of aryl methyl sites for hydroxylation is 1. The van der Waals surface area contributed by atoms with Crippen LogP contribution in [0.3, 0.4) is 0 Å². The van der Waals surface area contributed by atoms with Crippen LogP contribution < -0.4 is 0 Å². The number of carbonyl (C=O) groups excluding carboxylic acids is 1. The van der Waals surface area contributed by atoms with Gasteiger partial charge in [0, 0.05) is 31.2 Å². The van der Waals surface area contributed by atoms with Gasteiger partial charge in [-0.05, 0) is 76.0 Å². The summed E-state index contributed by atoms with van der Waals surface area (Å²) in [6.45, 7) is 13.3. The Morgan fingerprint density at radius 1 is 1.03 bits per heavy atom. The van der Waals surface area contributed by atoms with E-state index in [1.807, 2.05) is 12.1 Å². The zero-order chi connectivity index (χ0) is 25.5. The average Bonchev–Trinajstić information content (AvgIpc) is 2.82. The Hall–Kier alpha value is -1.53. The van der Waals surface area contributed by atoms with Crippen molar-refractivity contribution in [1.82, 2.24) is 5.01 Å². The summed E-state index contributed by atoms with van der Waals surface area (Å²) in [4.78, 5) is 12.2. The third kappa shape index (κ3) is 12.8. The van der Waals surface area contributed by atoms with Crippen molar-refractivity contribution in [2.24, 2.45) is 16.3 Å². The zero-order valence-electron chi connectivity index (χ0n) is 23.3. The molecule has 2 rings (SSSR count). The summed E-state index contributed by atoms with van der Waals surface area (Å²) in [7, 11) is -1.48. The Labute approximate surface area is 216 Å². The predicted octanol–water partition coefficient (Wildman–Crippen LogP) is 8.91. The third-order valence-corrected chi connectivity index (χ3v) is 7.84. The van der Waals surface area contributed by atoms with E-state index in [0.717, 1.165) is 55.8 Å². The molecule has 5 nitrogen and oxygen atoms in total. The highest BCUT2D eigenvalue weighted by Crippen LogP contribution is 2.24. The molecule has 1 aromatic carbocycles. The average molecular weight is 502 g/mol. The van der Waals surface area contributed by atoms with Gasteiger partial charge in [0.25, 0.3) is 0 Å². The molecule has 1 atom stereocenters. The molecule has 0 radical (unpaired) electrons. The lowest BCUT2D eigenvalue weighted by molar-refractivity contribution is 0.101. The van der Waals surface area contributed by atoms with Gasteiger partial charge in [0.05, 0.1) is 5.69 Å². The SMILES string of the molecule is CCCCCCCCCCCCc1cc(N=NN2CCCC(CO[Si](C)(C)C)C2)ccc1C(C)=O. The van der Waals surface area contributed by atoms with E-state index in [2.05, 4.69) is 48.0 Å². The van der Waals surface area contributed by atoms with Crippen LogP contribution in [0, 0.1) is 5.92 Å². The molecular weight excluding hydrogens is 450 g/mol. The summed E-state index contributed by atoms with van der Waals surface area (Å²) in [5.74, 6) is 0.665. The molecule has 0 spiro atoms. The summed E-state index contributed by atoms with van der Waals surface area (Å²) >= 11 is 0. The minimum Gasteiger partial charge on any atom is -0.417 e. The van der Waals surface area contributed by atoms with Crippen LogP contribution in [0.4, 0.5) is 5.69 Å². The second kappa shape index (κ2) is 16.3. The first-order valence-corrected chi connectivity index (χ1v) is 17.6. The summed E-state index contributed by atoms with van der Waals surface area (Å²) in [6.07, 6.45) is 16.5. The minimum absolute atomic E-state index is 0.136. The van der Waals surface area contributed by atoms with E-state index in [9.17, 15) is 4.79 Å². The van der Waals surface area contributed by atoms with E-state index in [4.69, 9.17) is 4.43 Å². The molecule has 1 unspecified atom stereocenters. The van der Waals surface area contributed by atoms with Crippen LogP contribution in [0.2, 0.25) is 19.6 Å². The van der Waals surface area contributed by atoms with E-state index in [-0.39, 0.29) is 5.78 Å². The van der Waals surface area contributed by atoms with E-state index in [1.165, 1.54) is 64.2 Å². The molecule has 1 aliphatic heterocycles. The van der Waals surface area contributed by atoms with Crippen molar-refractivity contribution in [3.63, 3.8) is 0 Å². The maximum absolute atomic E-state index is 12.2. The summed E-state index contributed by atoms with van der Waals surface area (Å²) in [5, 5.41) is 11.2. The molecule has 1 saturated heterocycles. The smallest absolute Gasteiger partial charge is 0.183 e. The van der Waals surface area contributed by atoms with Crippen molar-refractivity contribution in [3.8, 4) is 0 Å². The third-order valence-electron chi connectivity index (χ3n) is 6.80. The number of benzene rings is 1. The van der Waals surface area contributed by atoms with Crippen LogP contribution in [0.5, 0.6) is 0 Å². The highest BCUT2D eigenvalue weighted by atomic mass is 28.4. The van der Waals surface area contributed by atoms with Crippen molar-refractivity contribution >= 4 is 19.8 Å². The standard InChI is InChI=1S/C29H51N3O2Si/c1-6-7-8-9-10-11-12-13-14-15-18-27-22-28(19-20-29(27)25(2)33)30-31-32-21-16-17-26(23-32)24-34-35(3,4)5/h19-20,22,26H,6-18,21,23-24H2,1-5H3. The molecule has 0 saturated carbocycles. The Kier molecular flexibility index (Phi) is 13.8. The quantitative estimate of drug-likeness (QED) is 0.0926. The Morgan fingerprint density at radius 3 is 2.31 bits per heavy atom. The van der Waals surface area contributed by atoms with Crippen molar-refractivity contribution in [2.75, 3.05) is 19.7 Å². The van der Waals surface area contributed by atoms with Crippen LogP contribution in [0.1, 0.15) is 107 Å². The van der Waals surface area contributed by atoms with Crippen molar-refractivity contribution < 1.29 is 9.22 Å². The highest BCUT2D eigenvalue weighted by molar-refractivity contribution is 6.69. The number of hydrogen-bond acceptors (Lipinski definition) is 4. The van der Waals surface area contributed by atoms with E-state index < -0.39 is 8.32 Å². The molecule has 1 aromatic rings. The maximum Gasteiger partial charge on any atom is 0.183 e. The second-order valence-corrected chi connectivity index (χ2v) is 15.9. The maximum atomic E-state index is 12.2. The molecule has 35 heavy (non-hydrogen) atoms. The zero-order valence-corrected chi connectivity index (χ0v) is 24.3. The number of ketones is 1. The highest BCUT2D eigenvalue weighted by Gasteiger charge is 2.22. The number of carbonyl (C=O) groups is 1. The van der Waals surface area contributed by atoms with Gasteiger partial charge in [0.2, 0.25) is 0 Å². The fourth-order valence-electron chi connectivity index (χ4n) is 4.74. The summed E-state index contributed by atoms with van der Waals surface area (Å²) in [6, 6.07) is 5.94. The number of rotatable bonds is 17. The number of hydrogen-bond donors (Lipinski definition) is 0. The van der Waals surface area contributed by atoms with Gasteiger partial charge in [-0.15, -0.1) is 5.11 Å². The first kappa shape index (κ1) is 29.7. The first-order valence-electron chi connectivity index (χ1n) is 14.2. The monoisotopic (exact) mass is 501 g/mol. The number of Topliss-reactive ketones (excluding diaryl/α,β-unsaturated/α-hetero) is 1. The normalized spacial score (nSPS) is 16.8. The van der Waals surface area contributed by atoms with Crippen molar-refractivity contribution in [2.45, 2.75) is 117 Å². The Balaban J connectivity index is 1.81. The van der Waals surface area contributed by atoms with Gasteiger partial charge in [-0.2, -0.15) is 0 Å². The Bertz CT molecular complexity index is 776. The van der Waals surface area contributed by atoms with E-state index in [1.54, 1.807) is 6.92 Å².